The summed E-state index contributed by atoms with van der Waals surface area (Å²) in [7, 11) is 0. The number of rotatable bonds is 3. The molecule has 0 aliphatic carbocycles. The topological polar surface area (TPSA) is 29.9 Å². The van der Waals surface area contributed by atoms with Crippen molar-refractivity contribution in [3.05, 3.63) is 40.1 Å². The fraction of sp³-hybridized carbons (Fsp3) is 0.250. The molecule has 0 fully saturated rings. The molecule has 1 aromatic heterocycles. The van der Waals surface area contributed by atoms with Crippen LogP contribution in [0.5, 0.6) is 0 Å². The summed E-state index contributed by atoms with van der Waals surface area (Å²) in [5, 5.41) is 3.96. The van der Waals surface area contributed by atoms with Crippen LogP contribution >= 0.6 is 27.5 Å². The fourth-order valence-electron chi connectivity index (χ4n) is 1.53. The molecule has 1 N–H and O–H groups in total. The summed E-state index contributed by atoms with van der Waals surface area (Å²) in [6, 6.07) is 6.07. The lowest BCUT2D eigenvalue weighted by atomic mass is 10.3. The Bertz CT molecular complexity index is 522. The van der Waals surface area contributed by atoms with E-state index in [1.165, 1.54) is 0 Å². The third-order valence-corrected chi connectivity index (χ3v) is 3.61. The average molecular weight is 315 g/mol. The van der Waals surface area contributed by atoms with E-state index in [9.17, 15) is 0 Å². The molecule has 0 unspecified atom stereocenters. The van der Waals surface area contributed by atoms with Gasteiger partial charge >= 0.3 is 0 Å². The van der Waals surface area contributed by atoms with Crippen molar-refractivity contribution in [2.24, 2.45) is 0 Å². The molecule has 90 valence electrons. The Labute approximate surface area is 114 Å². The normalized spacial score (nSPS) is 10.9. The van der Waals surface area contributed by atoms with Gasteiger partial charge in [-0.15, -0.1) is 0 Å². The molecule has 0 saturated carbocycles. The van der Waals surface area contributed by atoms with Crippen LogP contribution in [0.4, 0.5) is 11.6 Å². The number of halogens is 2. The first-order chi connectivity index (χ1) is 8.08. The molecule has 1 aromatic carbocycles. The summed E-state index contributed by atoms with van der Waals surface area (Å²) < 4.78 is 2.94. The summed E-state index contributed by atoms with van der Waals surface area (Å²) in [5.74, 6) is 0.828. The minimum atomic E-state index is 0.371. The van der Waals surface area contributed by atoms with Crippen LogP contribution in [0, 0.1) is 0 Å². The fourth-order valence-corrected chi connectivity index (χ4v) is 2.03. The zero-order valence-electron chi connectivity index (χ0n) is 9.61. The number of nitrogens with zero attached hydrogens (tertiary/aromatic N) is 2. The smallest absolute Gasteiger partial charge is 0.207 e. The van der Waals surface area contributed by atoms with E-state index >= 15 is 0 Å². The molecule has 5 heteroatoms. The first kappa shape index (κ1) is 12.5. The molecule has 0 spiro atoms. The molecule has 2 aromatic rings. The lowest BCUT2D eigenvalue weighted by Crippen LogP contribution is -2.05. The maximum atomic E-state index is 5.95. The molecular formula is C12H13BrClN3. The highest BCUT2D eigenvalue weighted by molar-refractivity contribution is 9.10. The van der Waals surface area contributed by atoms with Gasteiger partial charge in [-0.1, -0.05) is 11.6 Å². The van der Waals surface area contributed by atoms with E-state index in [2.05, 4.69) is 44.6 Å². The van der Waals surface area contributed by atoms with Crippen LogP contribution in [-0.2, 0) is 0 Å². The Hall–Kier alpha value is -1.000. The first-order valence-electron chi connectivity index (χ1n) is 5.33. The average Bonchev–Trinajstić information content (AvgIpc) is 2.72. The molecule has 3 nitrogen and oxygen atoms in total. The van der Waals surface area contributed by atoms with Gasteiger partial charge in [0.05, 0.1) is 5.02 Å². The number of benzene rings is 1. The van der Waals surface area contributed by atoms with E-state index in [0.717, 1.165) is 16.1 Å². The summed E-state index contributed by atoms with van der Waals surface area (Å²) >= 11 is 9.35. The lowest BCUT2D eigenvalue weighted by molar-refractivity contribution is 0.608. The zero-order valence-corrected chi connectivity index (χ0v) is 12.0. The Balaban J connectivity index is 2.25. The molecule has 0 atom stereocenters. The highest BCUT2D eigenvalue weighted by Crippen LogP contribution is 2.27. The summed E-state index contributed by atoms with van der Waals surface area (Å²) in [6.07, 6.45) is 3.74. The standard InChI is InChI=1S/C12H13BrClN3/c1-8(2)17-6-5-15-12(17)16-9-3-4-11(14)10(13)7-9/h3-8H,1-2H3,(H,15,16). The molecule has 0 bridgehead atoms. The summed E-state index contributed by atoms with van der Waals surface area (Å²) in [4.78, 5) is 4.29. The van der Waals surface area contributed by atoms with Crippen LogP contribution in [0.1, 0.15) is 19.9 Å². The zero-order chi connectivity index (χ0) is 12.4. The molecule has 17 heavy (non-hydrogen) atoms. The van der Waals surface area contributed by atoms with Gasteiger partial charge in [0, 0.05) is 28.6 Å². The number of aromatic nitrogens is 2. The SMILES string of the molecule is CC(C)n1ccnc1Nc1ccc(Cl)c(Br)c1. The summed E-state index contributed by atoms with van der Waals surface area (Å²) in [5.41, 5.74) is 0.953. The van der Waals surface area contributed by atoms with Crippen molar-refractivity contribution in [2.75, 3.05) is 5.32 Å². The van der Waals surface area contributed by atoms with Crippen molar-refractivity contribution in [3.63, 3.8) is 0 Å². The van der Waals surface area contributed by atoms with Crippen LogP contribution in [0.15, 0.2) is 35.1 Å². The van der Waals surface area contributed by atoms with Gasteiger partial charge in [0.25, 0.3) is 0 Å². The Morgan fingerprint density at radius 3 is 2.82 bits per heavy atom. The van der Waals surface area contributed by atoms with E-state index in [1.54, 1.807) is 6.20 Å². The van der Waals surface area contributed by atoms with Gasteiger partial charge in [-0.3, -0.25) is 0 Å². The van der Waals surface area contributed by atoms with Gasteiger partial charge in [0.1, 0.15) is 0 Å². The van der Waals surface area contributed by atoms with E-state index in [1.807, 2.05) is 24.4 Å². The van der Waals surface area contributed by atoms with Crippen molar-refractivity contribution in [1.82, 2.24) is 9.55 Å². The molecule has 0 amide bonds. The first-order valence-corrected chi connectivity index (χ1v) is 6.50. The molecular weight excluding hydrogens is 302 g/mol. The van der Waals surface area contributed by atoms with Crippen molar-refractivity contribution in [3.8, 4) is 0 Å². The van der Waals surface area contributed by atoms with Crippen molar-refractivity contribution in [1.29, 1.82) is 0 Å². The van der Waals surface area contributed by atoms with E-state index in [0.29, 0.717) is 11.1 Å². The van der Waals surface area contributed by atoms with E-state index in [4.69, 9.17) is 11.6 Å². The van der Waals surface area contributed by atoms with Crippen molar-refractivity contribution in [2.45, 2.75) is 19.9 Å². The van der Waals surface area contributed by atoms with Gasteiger partial charge in [0.2, 0.25) is 5.95 Å². The lowest BCUT2D eigenvalue weighted by Gasteiger charge is -2.13. The third-order valence-electron chi connectivity index (χ3n) is 2.40. The van der Waals surface area contributed by atoms with Gasteiger partial charge in [-0.2, -0.15) is 0 Å². The minimum absolute atomic E-state index is 0.371. The van der Waals surface area contributed by atoms with Crippen molar-refractivity contribution < 1.29 is 0 Å². The number of anilines is 2. The number of hydrogen-bond donors (Lipinski definition) is 1. The number of nitrogens with one attached hydrogen (secondary N) is 1. The van der Waals surface area contributed by atoms with Gasteiger partial charge in [-0.05, 0) is 48.0 Å². The van der Waals surface area contributed by atoms with E-state index < -0.39 is 0 Å². The second kappa shape index (κ2) is 5.10. The predicted molar refractivity (Wildman–Crippen MR) is 75.0 cm³/mol. The highest BCUT2D eigenvalue weighted by atomic mass is 79.9. The largest absolute Gasteiger partial charge is 0.326 e. The Morgan fingerprint density at radius 2 is 2.18 bits per heavy atom. The molecule has 2 rings (SSSR count). The second-order valence-electron chi connectivity index (χ2n) is 4.01. The quantitative estimate of drug-likeness (QED) is 0.895. The Kier molecular flexibility index (Phi) is 3.74. The number of hydrogen-bond acceptors (Lipinski definition) is 2. The predicted octanol–water partition coefficient (Wildman–Crippen LogP) is 4.62. The van der Waals surface area contributed by atoms with Crippen LogP contribution in [0.25, 0.3) is 0 Å². The van der Waals surface area contributed by atoms with Crippen molar-refractivity contribution >= 4 is 39.2 Å². The van der Waals surface area contributed by atoms with E-state index in [-0.39, 0.29) is 0 Å². The molecule has 0 aliphatic heterocycles. The van der Waals surface area contributed by atoms with Crippen LogP contribution in [0.2, 0.25) is 5.02 Å². The molecule has 0 saturated heterocycles. The monoisotopic (exact) mass is 313 g/mol. The number of imidazole rings is 1. The highest BCUT2D eigenvalue weighted by Gasteiger charge is 2.06. The molecule has 0 aliphatic rings. The van der Waals surface area contributed by atoms with Crippen LogP contribution < -0.4 is 5.32 Å². The second-order valence-corrected chi connectivity index (χ2v) is 5.27. The Morgan fingerprint density at radius 1 is 1.41 bits per heavy atom. The van der Waals surface area contributed by atoms with Gasteiger partial charge in [0.15, 0.2) is 0 Å². The maximum absolute atomic E-state index is 5.95. The van der Waals surface area contributed by atoms with Gasteiger partial charge < -0.3 is 9.88 Å². The third kappa shape index (κ3) is 2.82. The van der Waals surface area contributed by atoms with Crippen LogP contribution in [-0.4, -0.2) is 9.55 Å². The minimum Gasteiger partial charge on any atom is -0.326 e. The summed E-state index contributed by atoms with van der Waals surface area (Å²) in [6.45, 7) is 4.23. The molecule has 1 heterocycles. The molecule has 0 radical (unpaired) electrons. The van der Waals surface area contributed by atoms with Crippen LogP contribution in [0.3, 0.4) is 0 Å². The maximum Gasteiger partial charge on any atom is 0.207 e. The van der Waals surface area contributed by atoms with Gasteiger partial charge in [-0.25, -0.2) is 4.98 Å².